The summed E-state index contributed by atoms with van der Waals surface area (Å²) in [6, 6.07) is 5.08. The van der Waals surface area contributed by atoms with Crippen molar-refractivity contribution < 1.29 is 23.8 Å². The maximum absolute atomic E-state index is 12.7. The fraction of sp³-hybridized carbons (Fsp3) is 0.529. The number of carbonyl (C=O) groups is 2. The molecule has 1 saturated heterocycles. The zero-order chi connectivity index (χ0) is 17.7. The number of anilines is 1. The minimum absolute atomic E-state index is 0.212. The lowest BCUT2D eigenvalue weighted by Gasteiger charge is -2.33. The molecule has 0 aromatic heterocycles. The van der Waals surface area contributed by atoms with Crippen LogP contribution in [0.15, 0.2) is 18.2 Å². The van der Waals surface area contributed by atoms with E-state index in [0.29, 0.717) is 43.5 Å². The number of benzene rings is 1. The summed E-state index contributed by atoms with van der Waals surface area (Å²) < 4.78 is 15.7. The Kier molecular flexibility index (Phi) is 5.66. The van der Waals surface area contributed by atoms with Gasteiger partial charge in [-0.2, -0.15) is 0 Å². The van der Waals surface area contributed by atoms with Crippen LogP contribution in [0.3, 0.4) is 0 Å². The number of nitrogens with one attached hydrogen (secondary N) is 1. The van der Waals surface area contributed by atoms with Gasteiger partial charge in [-0.05, 0) is 26.0 Å². The Morgan fingerprint density at radius 2 is 1.83 bits per heavy atom. The minimum Gasteiger partial charge on any atom is -0.497 e. The number of amides is 2. The van der Waals surface area contributed by atoms with Crippen LogP contribution in [0.4, 0.5) is 5.69 Å². The summed E-state index contributed by atoms with van der Waals surface area (Å²) in [7, 11) is 3.06. The molecule has 7 heteroatoms. The van der Waals surface area contributed by atoms with Crippen LogP contribution in [0.1, 0.15) is 13.8 Å². The van der Waals surface area contributed by atoms with E-state index in [0.717, 1.165) is 0 Å². The maximum atomic E-state index is 12.7. The lowest BCUT2D eigenvalue weighted by atomic mass is 9.90. The van der Waals surface area contributed by atoms with Gasteiger partial charge in [0.25, 0.3) is 0 Å². The van der Waals surface area contributed by atoms with Crippen LogP contribution in [0, 0.1) is 5.41 Å². The van der Waals surface area contributed by atoms with Gasteiger partial charge in [-0.15, -0.1) is 0 Å². The van der Waals surface area contributed by atoms with E-state index in [4.69, 9.17) is 14.2 Å². The van der Waals surface area contributed by atoms with Gasteiger partial charge >= 0.3 is 0 Å². The molecule has 0 bridgehead atoms. The molecule has 0 radical (unpaired) electrons. The van der Waals surface area contributed by atoms with Crippen LogP contribution >= 0.6 is 0 Å². The molecule has 2 amide bonds. The number of ether oxygens (including phenoxy) is 3. The molecule has 132 valence electrons. The molecule has 0 atom stereocenters. The lowest BCUT2D eigenvalue weighted by molar-refractivity contribution is -0.149. The standard InChI is InChI=1S/C17H24N2O5/c1-17(2,16(21)19-7-9-24-10-8-19)15(20)18-13-6-5-12(22-3)11-14(13)23-4/h5-6,11H,7-10H2,1-4H3,(H,18,20). The predicted octanol–water partition coefficient (Wildman–Crippen LogP) is 1.53. The molecule has 1 aliphatic heterocycles. The summed E-state index contributed by atoms with van der Waals surface area (Å²) in [5, 5.41) is 2.77. The van der Waals surface area contributed by atoms with Crippen LogP contribution in [-0.4, -0.2) is 57.2 Å². The highest BCUT2D eigenvalue weighted by Crippen LogP contribution is 2.31. The van der Waals surface area contributed by atoms with Gasteiger partial charge in [0.15, 0.2) is 0 Å². The van der Waals surface area contributed by atoms with Crippen molar-refractivity contribution in [3.63, 3.8) is 0 Å². The molecule has 0 saturated carbocycles. The van der Waals surface area contributed by atoms with Crippen molar-refractivity contribution in [3.8, 4) is 11.5 Å². The van der Waals surface area contributed by atoms with Gasteiger partial charge in [-0.1, -0.05) is 0 Å². The highest BCUT2D eigenvalue weighted by molar-refractivity contribution is 6.10. The van der Waals surface area contributed by atoms with E-state index in [1.807, 2.05) is 0 Å². The van der Waals surface area contributed by atoms with E-state index in [2.05, 4.69) is 5.32 Å². The fourth-order valence-corrected chi connectivity index (χ4v) is 2.44. The highest BCUT2D eigenvalue weighted by atomic mass is 16.5. The summed E-state index contributed by atoms with van der Waals surface area (Å²) in [6.45, 7) is 5.24. The number of hydrogen-bond donors (Lipinski definition) is 1. The Morgan fingerprint density at radius 3 is 2.42 bits per heavy atom. The molecule has 24 heavy (non-hydrogen) atoms. The predicted molar refractivity (Wildman–Crippen MR) is 89.4 cm³/mol. The number of carbonyl (C=O) groups excluding carboxylic acids is 2. The second-order valence-corrected chi connectivity index (χ2v) is 6.05. The van der Waals surface area contributed by atoms with Crippen molar-refractivity contribution >= 4 is 17.5 Å². The zero-order valence-corrected chi connectivity index (χ0v) is 14.5. The van der Waals surface area contributed by atoms with E-state index in [1.54, 1.807) is 44.1 Å². The first-order chi connectivity index (χ1) is 11.4. The molecule has 0 aliphatic carbocycles. The molecule has 1 heterocycles. The molecular formula is C17H24N2O5. The number of hydrogen-bond acceptors (Lipinski definition) is 5. The second-order valence-electron chi connectivity index (χ2n) is 6.05. The Morgan fingerprint density at radius 1 is 1.17 bits per heavy atom. The molecule has 1 aromatic rings. The van der Waals surface area contributed by atoms with Crippen molar-refractivity contribution in [2.75, 3.05) is 45.8 Å². The first kappa shape index (κ1) is 18.1. The van der Waals surface area contributed by atoms with Crippen molar-refractivity contribution in [2.45, 2.75) is 13.8 Å². The highest BCUT2D eigenvalue weighted by Gasteiger charge is 2.39. The lowest BCUT2D eigenvalue weighted by Crippen LogP contribution is -2.51. The van der Waals surface area contributed by atoms with Crippen LogP contribution in [0.5, 0.6) is 11.5 Å². The quantitative estimate of drug-likeness (QED) is 0.825. The Labute approximate surface area is 141 Å². The summed E-state index contributed by atoms with van der Waals surface area (Å²) in [6.07, 6.45) is 0. The molecule has 0 spiro atoms. The number of rotatable bonds is 5. The number of morpholine rings is 1. The van der Waals surface area contributed by atoms with Crippen LogP contribution in [-0.2, 0) is 14.3 Å². The van der Waals surface area contributed by atoms with E-state index >= 15 is 0 Å². The van der Waals surface area contributed by atoms with Crippen molar-refractivity contribution in [1.82, 2.24) is 4.90 Å². The van der Waals surface area contributed by atoms with Gasteiger partial charge in [-0.3, -0.25) is 9.59 Å². The van der Waals surface area contributed by atoms with Crippen molar-refractivity contribution in [1.29, 1.82) is 0 Å². The minimum atomic E-state index is -1.19. The molecule has 2 rings (SSSR count). The van der Waals surface area contributed by atoms with E-state index in [1.165, 1.54) is 7.11 Å². The van der Waals surface area contributed by atoms with Crippen molar-refractivity contribution in [2.24, 2.45) is 5.41 Å². The van der Waals surface area contributed by atoms with E-state index < -0.39 is 5.41 Å². The Bertz CT molecular complexity index is 609. The normalized spacial score (nSPS) is 14.9. The SMILES string of the molecule is COc1ccc(NC(=O)C(C)(C)C(=O)N2CCOCC2)c(OC)c1. The van der Waals surface area contributed by atoms with Crippen LogP contribution in [0.25, 0.3) is 0 Å². The molecule has 1 fully saturated rings. The molecule has 1 N–H and O–H groups in total. The number of nitrogens with zero attached hydrogens (tertiary/aromatic N) is 1. The zero-order valence-electron chi connectivity index (χ0n) is 14.5. The van der Waals surface area contributed by atoms with Gasteiger partial charge in [0.1, 0.15) is 16.9 Å². The first-order valence-electron chi connectivity index (χ1n) is 7.80. The molecule has 7 nitrogen and oxygen atoms in total. The summed E-state index contributed by atoms with van der Waals surface area (Å²) in [4.78, 5) is 27.0. The third-order valence-electron chi connectivity index (χ3n) is 4.06. The van der Waals surface area contributed by atoms with Gasteiger partial charge in [0.05, 0.1) is 33.1 Å². The van der Waals surface area contributed by atoms with Gasteiger partial charge < -0.3 is 24.4 Å². The number of methoxy groups -OCH3 is 2. The summed E-state index contributed by atoms with van der Waals surface area (Å²) >= 11 is 0. The molecule has 1 aliphatic rings. The Balaban J connectivity index is 2.14. The largest absolute Gasteiger partial charge is 0.497 e. The van der Waals surface area contributed by atoms with Crippen molar-refractivity contribution in [3.05, 3.63) is 18.2 Å². The van der Waals surface area contributed by atoms with Gasteiger partial charge in [0, 0.05) is 19.2 Å². The third-order valence-corrected chi connectivity index (χ3v) is 4.06. The third kappa shape index (κ3) is 3.79. The van der Waals surface area contributed by atoms with E-state index in [9.17, 15) is 9.59 Å². The monoisotopic (exact) mass is 336 g/mol. The topological polar surface area (TPSA) is 77.1 Å². The maximum Gasteiger partial charge on any atom is 0.239 e. The summed E-state index contributed by atoms with van der Waals surface area (Å²) in [5.41, 5.74) is -0.700. The summed E-state index contributed by atoms with van der Waals surface area (Å²) in [5.74, 6) is 0.490. The fourth-order valence-electron chi connectivity index (χ4n) is 2.44. The average molecular weight is 336 g/mol. The van der Waals surface area contributed by atoms with Gasteiger partial charge in [-0.25, -0.2) is 0 Å². The molecule has 1 aromatic carbocycles. The average Bonchev–Trinajstić information content (AvgIpc) is 2.61. The Hall–Kier alpha value is -2.28. The van der Waals surface area contributed by atoms with Crippen LogP contribution in [0.2, 0.25) is 0 Å². The first-order valence-corrected chi connectivity index (χ1v) is 7.80. The second kappa shape index (κ2) is 7.53. The van der Waals surface area contributed by atoms with E-state index in [-0.39, 0.29) is 11.8 Å². The molecular weight excluding hydrogens is 312 g/mol. The smallest absolute Gasteiger partial charge is 0.239 e. The molecule has 0 unspecified atom stereocenters. The van der Waals surface area contributed by atoms with Gasteiger partial charge in [0.2, 0.25) is 11.8 Å². The van der Waals surface area contributed by atoms with Crippen LogP contribution < -0.4 is 14.8 Å².